The quantitative estimate of drug-likeness (QED) is 0.872. The fourth-order valence-corrected chi connectivity index (χ4v) is 2.37. The number of hydrogen-bond acceptors (Lipinski definition) is 3. The van der Waals surface area contributed by atoms with Crippen LogP contribution in [0, 0.1) is 0 Å². The lowest BCUT2D eigenvalue weighted by Gasteiger charge is -2.27. The Hall–Kier alpha value is -0.000000000000000111. The summed E-state index contributed by atoms with van der Waals surface area (Å²) in [5.41, 5.74) is 0.221. The average molecular weight is 318 g/mol. The molecule has 0 radical (unpaired) electrons. The maximum atomic E-state index is 11.5. The number of benzene rings is 1. The lowest BCUT2D eigenvalue weighted by Crippen LogP contribution is -2.35. The van der Waals surface area contributed by atoms with E-state index >= 15 is 0 Å². The third kappa shape index (κ3) is 3.06. The standard InChI is InChI=1S/C10H11Cl3O3S/c1-10(13,17(2,15)16)9(14)7-4-3-6(11)5-8(7)12/h3-5,9,14H,1-2H3/t9-,10-/m0/s1. The zero-order valence-electron chi connectivity index (χ0n) is 9.12. The molecule has 2 atom stereocenters. The first-order chi connectivity index (χ1) is 7.57. The molecule has 0 aromatic heterocycles. The summed E-state index contributed by atoms with van der Waals surface area (Å²) in [4.78, 5) is 0. The molecule has 0 aliphatic heterocycles. The summed E-state index contributed by atoms with van der Waals surface area (Å²) >= 11 is 17.5. The van der Waals surface area contributed by atoms with E-state index in [0.29, 0.717) is 5.02 Å². The van der Waals surface area contributed by atoms with Gasteiger partial charge in [0.05, 0.1) is 0 Å². The molecule has 0 amide bonds. The van der Waals surface area contributed by atoms with Crippen LogP contribution in [0.1, 0.15) is 18.6 Å². The minimum absolute atomic E-state index is 0.167. The minimum Gasteiger partial charge on any atom is -0.385 e. The maximum Gasteiger partial charge on any atom is 0.172 e. The molecule has 0 fully saturated rings. The third-order valence-corrected chi connectivity index (χ3v) is 5.75. The van der Waals surface area contributed by atoms with Crippen molar-refractivity contribution in [3.05, 3.63) is 33.8 Å². The van der Waals surface area contributed by atoms with Gasteiger partial charge in [0.15, 0.2) is 14.0 Å². The van der Waals surface area contributed by atoms with Gasteiger partial charge in [-0.1, -0.05) is 40.9 Å². The van der Waals surface area contributed by atoms with Crippen LogP contribution in [0.25, 0.3) is 0 Å². The Kier molecular flexibility index (Phi) is 4.37. The van der Waals surface area contributed by atoms with Crippen LogP contribution in [-0.4, -0.2) is 24.0 Å². The Morgan fingerprint density at radius 1 is 1.35 bits per heavy atom. The summed E-state index contributed by atoms with van der Waals surface area (Å²) in [6.07, 6.45) is -0.489. The smallest absolute Gasteiger partial charge is 0.172 e. The fourth-order valence-electron chi connectivity index (χ4n) is 1.20. The van der Waals surface area contributed by atoms with Gasteiger partial charge in [0.2, 0.25) is 0 Å². The van der Waals surface area contributed by atoms with Crippen LogP contribution in [-0.2, 0) is 9.84 Å². The van der Waals surface area contributed by atoms with Crippen LogP contribution in [0.2, 0.25) is 10.0 Å². The zero-order chi connectivity index (χ0) is 13.4. The predicted octanol–water partition coefficient (Wildman–Crippen LogP) is 3.03. The number of aliphatic hydroxyl groups excluding tert-OH is 1. The monoisotopic (exact) mass is 316 g/mol. The SMILES string of the molecule is C[C@@](Cl)([C@@H](O)c1ccc(Cl)cc1Cl)S(C)(=O)=O. The van der Waals surface area contributed by atoms with Gasteiger partial charge in [-0.2, -0.15) is 0 Å². The van der Waals surface area contributed by atoms with Gasteiger partial charge in [-0.3, -0.25) is 0 Å². The van der Waals surface area contributed by atoms with E-state index in [1.807, 2.05) is 0 Å². The van der Waals surface area contributed by atoms with Gasteiger partial charge in [-0.15, -0.1) is 0 Å². The summed E-state index contributed by atoms with van der Waals surface area (Å²) in [5.74, 6) is 0. The molecule has 0 aliphatic carbocycles. The highest BCUT2D eigenvalue weighted by molar-refractivity contribution is 7.93. The van der Waals surface area contributed by atoms with E-state index in [4.69, 9.17) is 34.8 Å². The second kappa shape index (κ2) is 4.94. The molecule has 1 rings (SSSR count). The van der Waals surface area contributed by atoms with Crippen molar-refractivity contribution in [2.45, 2.75) is 17.2 Å². The summed E-state index contributed by atoms with van der Waals surface area (Å²) in [6, 6.07) is 4.36. The van der Waals surface area contributed by atoms with Crippen molar-refractivity contribution in [3.8, 4) is 0 Å². The van der Waals surface area contributed by atoms with Gasteiger partial charge < -0.3 is 5.11 Å². The summed E-state index contributed by atoms with van der Waals surface area (Å²) < 4.78 is 21.1. The highest BCUT2D eigenvalue weighted by Crippen LogP contribution is 2.39. The van der Waals surface area contributed by atoms with E-state index in [0.717, 1.165) is 6.26 Å². The summed E-state index contributed by atoms with van der Waals surface area (Å²) in [6.45, 7) is 1.22. The van der Waals surface area contributed by atoms with Crippen LogP contribution in [0.15, 0.2) is 18.2 Å². The first-order valence-corrected chi connectivity index (χ1v) is 7.61. The number of hydrogen-bond donors (Lipinski definition) is 1. The first-order valence-electron chi connectivity index (χ1n) is 4.59. The molecule has 0 heterocycles. The average Bonchev–Trinajstić information content (AvgIpc) is 2.14. The van der Waals surface area contributed by atoms with Gasteiger partial charge in [0, 0.05) is 21.9 Å². The van der Waals surface area contributed by atoms with Crippen molar-refractivity contribution < 1.29 is 13.5 Å². The highest BCUT2D eigenvalue weighted by Gasteiger charge is 2.42. The molecule has 1 aromatic carbocycles. The van der Waals surface area contributed by atoms with Crippen molar-refractivity contribution in [2.24, 2.45) is 0 Å². The van der Waals surface area contributed by atoms with Gasteiger partial charge in [0.25, 0.3) is 0 Å². The third-order valence-electron chi connectivity index (χ3n) is 2.47. The summed E-state index contributed by atoms with van der Waals surface area (Å²) in [7, 11) is -3.65. The largest absolute Gasteiger partial charge is 0.385 e. The van der Waals surface area contributed by atoms with Crippen LogP contribution in [0.3, 0.4) is 0 Å². The molecule has 0 spiro atoms. The molecule has 0 saturated carbocycles. The van der Waals surface area contributed by atoms with Crippen molar-refractivity contribution >= 4 is 44.6 Å². The van der Waals surface area contributed by atoms with Crippen LogP contribution in [0.4, 0.5) is 0 Å². The van der Waals surface area contributed by atoms with E-state index in [1.54, 1.807) is 0 Å². The molecule has 7 heteroatoms. The molecule has 1 N–H and O–H groups in total. The van der Waals surface area contributed by atoms with Crippen LogP contribution in [0.5, 0.6) is 0 Å². The predicted molar refractivity (Wildman–Crippen MR) is 70.5 cm³/mol. The van der Waals surface area contributed by atoms with E-state index < -0.39 is 20.1 Å². The molecule has 17 heavy (non-hydrogen) atoms. The molecule has 1 aromatic rings. The number of alkyl halides is 1. The minimum atomic E-state index is -3.65. The topological polar surface area (TPSA) is 54.4 Å². The molecule has 0 bridgehead atoms. The Balaban J connectivity index is 3.26. The number of rotatable bonds is 3. The van der Waals surface area contributed by atoms with E-state index in [1.165, 1.54) is 25.1 Å². The van der Waals surface area contributed by atoms with Crippen LogP contribution >= 0.6 is 34.8 Å². The maximum absolute atomic E-state index is 11.5. The molecular formula is C10H11Cl3O3S. The second-order valence-corrected chi connectivity index (χ2v) is 8.07. The number of halogens is 3. The van der Waals surface area contributed by atoms with Gasteiger partial charge in [-0.05, 0) is 19.1 Å². The van der Waals surface area contributed by atoms with E-state index in [-0.39, 0.29) is 10.6 Å². The Morgan fingerprint density at radius 3 is 2.29 bits per heavy atom. The van der Waals surface area contributed by atoms with Gasteiger partial charge in [0.1, 0.15) is 6.10 Å². The lowest BCUT2D eigenvalue weighted by atomic mass is 10.1. The van der Waals surface area contributed by atoms with Crippen molar-refractivity contribution in [1.29, 1.82) is 0 Å². The normalized spacial score (nSPS) is 17.5. The van der Waals surface area contributed by atoms with Crippen molar-refractivity contribution in [1.82, 2.24) is 0 Å². The van der Waals surface area contributed by atoms with Gasteiger partial charge >= 0.3 is 0 Å². The number of sulfone groups is 1. The number of aliphatic hydroxyl groups is 1. The van der Waals surface area contributed by atoms with Crippen molar-refractivity contribution in [3.63, 3.8) is 0 Å². The summed E-state index contributed by atoms with van der Waals surface area (Å²) in [5, 5.41) is 10.6. The lowest BCUT2D eigenvalue weighted by molar-refractivity contribution is 0.163. The van der Waals surface area contributed by atoms with E-state index in [2.05, 4.69) is 0 Å². The molecule has 0 saturated heterocycles. The highest BCUT2D eigenvalue weighted by atomic mass is 35.5. The Morgan fingerprint density at radius 2 is 1.88 bits per heavy atom. The van der Waals surface area contributed by atoms with Gasteiger partial charge in [-0.25, -0.2) is 8.42 Å². The van der Waals surface area contributed by atoms with E-state index in [9.17, 15) is 13.5 Å². The van der Waals surface area contributed by atoms with Crippen molar-refractivity contribution in [2.75, 3.05) is 6.26 Å². The Labute approximate surface area is 115 Å². The fraction of sp³-hybridized carbons (Fsp3) is 0.400. The van der Waals surface area contributed by atoms with Crippen LogP contribution < -0.4 is 0 Å². The Bertz CT molecular complexity index is 526. The first kappa shape index (κ1) is 15.1. The molecule has 3 nitrogen and oxygen atoms in total. The zero-order valence-corrected chi connectivity index (χ0v) is 12.2. The molecular weight excluding hydrogens is 307 g/mol. The molecule has 0 unspecified atom stereocenters. The second-order valence-electron chi connectivity index (χ2n) is 3.83. The molecule has 0 aliphatic rings. The molecule has 96 valence electrons.